The van der Waals surface area contributed by atoms with Gasteiger partial charge < -0.3 is 4.74 Å². The lowest BCUT2D eigenvalue weighted by Gasteiger charge is -2.22. The molecule has 2 aromatic rings. The number of halogens is 2. The number of benzene rings is 1. The van der Waals surface area contributed by atoms with E-state index in [1.807, 2.05) is 16.8 Å². The fourth-order valence-electron chi connectivity index (χ4n) is 2.25. The molecule has 0 aliphatic carbocycles. The molecule has 0 saturated heterocycles. The molecule has 1 atom stereocenters. The van der Waals surface area contributed by atoms with E-state index in [4.69, 9.17) is 10.6 Å². The Hall–Kier alpha value is -0.640. The average Bonchev–Trinajstić information content (AvgIpc) is 2.87. The van der Waals surface area contributed by atoms with Crippen LogP contribution in [0.25, 0.3) is 0 Å². The third-order valence-electron chi connectivity index (χ3n) is 3.22. The first-order valence-electron chi connectivity index (χ1n) is 6.52. The molecule has 7 heteroatoms. The summed E-state index contributed by atoms with van der Waals surface area (Å²) in [6, 6.07) is 6.14. The molecule has 0 bridgehead atoms. The molecule has 1 heterocycles. The number of hydrazine groups is 1. The lowest BCUT2D eigenvalue weighted by molar-refractivity contribution is 0.394. The van der Waals surface area contributed by atoms with E-state index >= 15 is 0 Å². The first-order valence-corrected chi connectivity index (χ1v) is 8.39. The molecule has 1 aromatic heterocycles. The van der Waals surface area contributed by atoms with Gasteiger partial charge in [-0.3, -0.25) is 10.5 Å². The predicted octanol–water partition coefficient (Wildman–Crippen LogP) is 3.39. The number of methoxy groups -OCH3 is 1. The van der Waals surface area contributed by atoms with Crippen LogP contribution in [-0.4, -0.2) is 16.9 Å². The molecule has 0 fully saturated rings. The highest BCUT2D eigenvalue weighted by molar-refractivity contribution is 14.1. The molecule has 1 aromatic carbocycles. The minimum absolute atomic E-state index is 0.210. The average molecular weight is 465 g/mol. The number of hydrogen-bond acceptors (Lipinski definition) is 4. The molecule has 0 aliphatic rings. The molecule has 114 valence electrons. The number of hydrogen-bond donors (Lipinski definition) is 2. The van der Waals surface area contributed by atoms with Crippen molar-refractivity contribution >= 4 is 38.5 Å². The van der Waals surface area contributed by atoms with Crippen molar-refractivity contribution in [3.63, 3.8) is 0 Å². The lowest BCUT2D eigenvalue weighted by atomic mass is 10.0. The maximum Gasteiger partial charge on any atom is 0.161 e. The molecular formula is C14H18BrIN4O. The molecule has 1 unspecified atom stereocenters. The van der Waals surface area contributed by atoms with Gasteiger partial charge in [0.05, 0.1) is 19.3 Å². The minimum Gasteiger partial charge on any atom is -0.493 e. The standard InChI is InChI=1S/C14H18BrIN4O/c1-8(2)20-14(12(21-3)7-18-20)13(19-17)10-6-9(16)4-5-11(10)15/h4-8,13,19H,17H2,1-3H3. The number of nitrogens with one attached hydrogen (secondary N) is 1. The molecule has 5 nitrogen and oxygen atoms in total. The highest BCUT2D eigenvalue weighted by Gasteiger charge is 2.25. The summed E-state index contributed by atoms with van der Waals surface area (Å²) in [5.41, 5.74) is 4.85. The minimum atomic E-state index is -0.214. The summed E-state index contributed by atoms with van der Waals surface area (Å²) in [6.07, 6.45) is 1.72. The Morgan fingerprint density at radius 2 is 2.14 bits per heavy atom. The van der Waals surface area contributed by atoms with Crippen LogP contribution in [0.3, 0.4) is 0 Å². The van der Waals surface area contributed by atoms with Crippen molar-refractivity contribution in [2.24, 2.45) is 5.84 Å². The van der Waals surface area contributed by atoms with E-state index in [2.05, 4.69) is 69.0 Å². The smallest absolute Gasteiger partial charge is 0.161 e. The molecule has 0 amide bonds. The normalized spacial score (nSPS) is 12.7. The zero-order valence-corrected chi connectivity index (χ0v) is 15.8. The van der Waals surface area contributed by atoms with Gasteiger partial charge in [-0.05, 0) is 60.2 Å². The first-order chi connectivity index (χ1) is 9.99. The fourth-order valence-corrected chi connectivity index (χ4v) is 3.24. The van der Waals surface area contributed by atoms with Crippen molar-refractivity contribution in [3.05, 3.63) is 43.7 Å². The van der Waals surface area contributed by atoms with E-state index in [1.165, 1.54) is 0 Å². The second-order valence-electron chi connectivity index (χ2n) is 4.90. The highest BCUT2D eigenvalue weighted by Crippen LogP contribution is 2.35. The summed E-state index contributed by atoms with van der Waals surface area (Å²) in [4.78, 5) is 0. The Bertz CT molecular complexity index is 629. The summed E-state index contributed by atoms with van der Waals surface area (Å²) in [7, 11) is 1.64. The van der Waals surface area contributed by atoms with E-state index in [1.54, 1.807) is 13.3 Å². The summed E-state index contributed by atoms with van der Waals surface area (Å²) in [5, 5.41) is 4.41. The zero-order chi connectivity index (χ0) is 15.6. The van der Waals surface area contributed by atoms with Crippen molar-refractivity contribution in [2.75, 3.05) is 7.11 Å². The van der Waals surface area contributed by atoms with E-state index in [0.29, 0.717) is 0 Å². The molecule has 0 radical (unpaired) electrons. The van der Waals surface area contributed by atoms with Gasteiger partial charge in [0, 0.05) is 14.1 Å². The highest BCUT2D eigenvalue weighted by atomic mass is 127. The van der Waals surface area contributed by atoms with Crippen LogP contribution in [0.5, 0.6) is 5.75 Å². The van der Waals surface area contributed by atoms with Gasteiger partial charge in [0.25, 0.3) is 0 Å². The Morgan fingerprint density at radius 3 is 2.71 bits per heavy atom. The van der Waals surface area contributed by atoms with Crippen molar-refractivity contribution < 1.29 is 4.74 Å². The van der Waals surface area contributed by atoms with E-state index in [0.717, 1.165) is 25.0 Å². The van der Waals surface area contributed by atoms with Crippen LogP contribution in [0.2, 0.25) is 0 Å². The summed E-state index contributed by atoms with van der Waals surface area (Å²) in [6.45, 7) is 4.15. The molecule has 3 N–H and O–H groups in total. The Balaban J connectivity index is 2.61. The summed E-state index contributed by atoms with van der Waals surface area (Å²) >= 11 is 5.88. The van der Waals surface area contributed by atoms with Gasteiger partial charge in [0.1, 0.15) is 5.69 Å². The van der Waals surface area contributed by atoms with Gasteiger partial charge in [0.2, 0.25) is 0 Å². The van der Waals surface area contributed by atoms with Gasteiger partial charge in [-0.25, -0.2) is 5.43 Å². The maximum atomic E-state index is 5.84. The number of nitrogens with two attached hydrogens (primary N) is 1. The first kappa shape index (κ1) is 16.7. The SMILES string of the molecule is COc1cnn(C(C)C)c1C(NN)c1cc(I)ccc1Br. The van der Waals surface area contributed by atoms with Crippen LogP contribution < -0.4 is 16.0 Å². The summed E-state index contributed by atoms with van der Waals surface area (Å²) in [5.74, 6) is 6.56. The molecular weight excluding hydrogens is 447 g/mol. The molecule has 2 rings (SSSR count). The number of rotatable bonds is 5. The van der Waals surface area contributed by atoms with Crippen LogP contribution in [0.4, 0.5) is 0 Å². The Morgan fingerprint density at radius 1 is 1.43 bits per heavy atom. The molecule has 0 saturated carbocycles. The fraction of sp³-hybridized carbons (Fsp3) is 0.357. The van der Waals surface area contributed by atoms with Crippen LogP contribution >= 0.6 is 38.5 Å². The largest absolute Gasteiger partial charge is 0.493 e. The maximum absolute atomic E-state index is 5.84. The Kier molecular flexibility index (Phi) is 5.64. The van der Waals surface area contributed by atoms with Gasteiger partial charge >= 0.3 is 0 Å². The van der Waals surface area contributed by atoms with Crippen LogP contribution in [0.1, 0.15) is 37.2 Å². The quantitative estimate of drug-likeness (QED) is 0.404. The van der Waals surface area contributed by atoms with Gasteiger partial charge in [-0.15, -0.1) is 0 Å². The van der Waals surface area contributed by atoms with E-state index in [9.17, 15) is 0 Å². The third-order valence-corrected chi connectivity index (χ3v) is 4.61. The van der Waals surface area contributed by atoms with Gasteiger partial charge in [0.15, 0.2) is 5.75 Å². The monoisotopic (exact) mass is 464 g/mol. The van der Waals surface area contributed by atoms with Crippen molar-refractivity contribution in [1.29, 1.82) is 0 Å². The second kappa shape index (κ2) is 7.08. The van der Waals surface area contributed by atoms with Crippen LogP contribution in [-0.2, 0) is 0 Å². The van der Waals surface area contributed by atoms with Gasteiger partial charge in [-0.2, -0.15) is 5.10 Å². The van der Waals surface area contributed by atoms with Crippen molar-refractivity contribution in [3.8, 4) is 5.75 Å². The molecule has 0 spiro atoms. The van der Waals surface area contributed by atoms with Crippen LogP contribution in [0.15, 0.2) is 28.9 Å². The predicted molar refractivity (Wildman–Crippen MR) is 95.2 cm³/mol. The summed E-state index contributed by atoms with van der Waals surface area (Å²) < 4.78 is 9.51. The number of aromatic nitrogens is 2. The second-order valence-corrected chi connectivity index (χ2v) is 7.00. The Labute approximate surface area is 146 Å². The van der Waals surface area contributed by atoms with E-state index < -0.39 is 0 Å². The lowest BCUT2D eigenvalue weighted by Crippen LogP contribution is -2.31. The number of nitrogens with zero attached hydrogens (tertiary/aromatic N) is 2. The van der Waals surface area contributed by atoms with E-state index in [-0.39, 0.29) is 12.1 Å². The molecule has 21 heavy (non-hydrogen) atoms. The van der Waals surface area contributed by atoms with Gasteiger partial charge in [-0.1, -0.05) is 15.9 Å². The van der Waals surface area contributed by atoms with Crippen molar-refractivity contribution in [1.82, 2.24) is 15.2 Å². The number of ether oxygens (including phenoxy) is 1. The zero-order valence-electron chi connectivity index (χ0n) is 12.1. The molecule has 0 aliphatic heterocycles. The third kappa shape index (κ3) is 3.41. The van der Waals surface area contributed by atoms with Crippen LogP contribution in [0, 0.1) is 3.57 Å². The topological polar surface area (TPSA) is 65.1 Å². The van der Waals surface area contributed by atoms with Crippen molar-refractivity contribution in [2.45, 2.75) is 25.9 Å².